The van der Waals surface area contributed by atoms with Gasteiger partial charge in [0.1, 0.15) is 12.1 Å². The Kier molecular flexibility index (Phi) is 5.49. The van der Waals surface area contributed by atoms with Crippen molar-refractivity contribution in [2.45, 2.75) is 42.2 Å². The quantitative estimate of drug-likeness (QED) is 0.599. The summed E-state index contributed by atoms with van der Waals surface area (Å²) in [6.07, 6.45) is 3.31. The van der Waals surface area contributed by atoms with Crippen LogP contribution >= 0.6 is 23.4 Å². The van der Waals surface area contributed by atoms with Crippen molar-refractivity contribution in [1.82, 2.24) is 15.3 Å². The Bertz CT molecular complexity index is 871. The van der Waals surface area contributed by atoms with Gasteiger partial charge in [0.25, 0.3) is 0 Å². The number of benzene rings is 1. The zero-order valence-electron chi connectivity index (χ0n) is 15.7. The van der Waals surface area contributed by atoms with Crippen LogP contribution in [-0.4, -0.2) is 34.5 Å². The number of carbonyl (C=O) groups excluding carboxylic acids is 1. The molecule has 1 aromatic carbocycles. The van der Waals surface area contributed by atoms with Gasteiger partial charge in [0.2, 0.25) is 5.91 Å². The lowest BCUT2D eigenvalue weighted by Crippen LogP contribution is -2.43. The van der Waals surface area contributed by atoms with Gasteiger partial charge in [0, 0.05) is 40.2 Å². The van der Waals surface area contributed by atoms with Gasteiger partial charge in [-0.25, -0.2) is 9.97 Å². The number of anilines is 1. The van der Waals surface area contributed by atoms with Gasteiger partial charge in [0.05, 0.1) is 11.6 Å². The maximum Gasteiger partial charge on any atom is 0.229 e. The van der Waals surface area contributed by atoms with E-state index in [1.807, 2.05) is 23.9 Å². The Morgan fingerprint density at radius 3 is 2.79 bits per heavy atom. The molecule has 4 rings (SSSR count). The first kappa shape index (κ1) is 19.5. The molecule has 0 saturated heterocycles. The van der Waals surface area contributed by atoms with Crippen molar-refractivity contribution in [1.29, 1.82) is 0 Å². The number of rotatable bonds is 7. The van der Waals surface area contributed by atoms with Crippen LogP contribution in [0.3, 0.4) is 0 Å². The fraction of sp³-hybridized carbons (Fsp3) is 0.450. The van der Waals surface area contributed by atoms with Crippen molar-refractivity contribution in [2.75, 3.05) is 18.4 Å². The summed E-state index contributed by atoms with van der Waals surface area (Å²) in [7, 11) is 0. The van der Waals surface area contributed by atoms with Gasteiger partial charge in [-0.1, -0.05) is 23.7 Å². The second-order valence-electron chi connectivity index (χ2n) is 7.47. The van der Waals surface area contributed by atoms with Crippen molar-refractivity contribution in [3.8, 4) is 0 Å². The lowest BCUT2D eigenvalue weighted by Gasteiger charge is -2.23. The van der Waals surface area contributed by atoms with Crippen LogP contribution in [0.15, 0.2) is 30.6 Å². The molecule has 8 heteroatoms. The number of aromatic nitrogens is 2. The predicted molar refractivity (Wildman–Crippen MR) is 114 cm³/mol. The molecule has 1 aromatic heterocycles. The van der Waals surface area contributed by atoms with E-state index in [2.05, 4.69) is 27.5 Å². The van der Waals surface area contributed by atoms with Gasteiger partial charge in [0.15, 0.2) is 0 Å². The van der Waals surface area contributed by atoms with Crippen LogP contribution in [0.1, 0.15) is 47.8 Å². The lowest BCUT2D eigenvalue weighted by atomic mass is 9.89. The van der Waals surface area contributed by atoms with E-state index in [4.69, 9.17) is 17.3 Å². The van der Waals surface area contributed by atoms with E-state index in [1.54, 1.807) is 18.5 Å². The molecule has 0 radical (unpaired) electrons. The summed E-state index contributed by atoms with van der Waals surface area (Å²) in [5.41, 5.74) is 9.14. The van der Waals surface area contributed by atoms with Crippen LogP contribution in [-0.2, 0) is 10.5 Å². The Balaban J connectivity index is 1.36. The molecule has 2 aromatic rings. The molecule has 1 aliphatic heterocycles. The van der Waals surface area contributed by atoms with Crippen LogP contribution in [0.25, 0.3) is 0 Å². The molecule has 0 bridgehead atoms. The smallest absolute Gasteiger partial charge is 0.229 e. The van der Waals surface area contributed by atoms with Crippen LogP contribution in [0, 0.1) is 0 Å². The largest absolute Gasteiger partial charge is 0.368 e. The van der Waals surface area contributed by atoms with E-state index in [0.29, 0.717) is 23.4 Å². The molecule has 0 spiro atoms. The van der Waals surface area contributed by atoms with Crippen LogP contribution in [0.5, 0.6) is 0 Å². The number of carbonyl (C=O) groups is 1. The Morgan fingerprint density at radius 1 is 1.32 bits per heavy atom. The molecule has 1 unspecified atom stereocenters. The van der Waals surface area contributed by atoms with Gasteiger partial charge in [-0.2, -0.15) is 0 Å². The number of thioether (sulfide) groups is 1. The third kappa shape index (κ3) is 3.97. The number of amides is 1. The third-order valence-corrected chi connectivity index (χ3v) is 6.86. The topological polar surface area (TPSA) is 92.9 Å². The van der Waals surface area contributed by atoms with Crippen LogP contribution < -0.4 is 16.4 Å². The highest BCUT2D eigenvalue weighted by molar-refractivity contribution is 7.99. The van der Waals surface area contributed by atoms with Gasteiger partial charge < -0.3 is 16.4 Å². The average Bonchev–Trinajstić information content (AvgIpc) is 3.30. The van der Waals surface area contributed by atoms with Crippen LogP contribution in [0.2, 0.25) is 5.02 Å². The second-order valence-corrected chi connectivity index (χ2v) is 9.24. The van der Waals surface area contributed by atoms with Crippen molar-refractivity contribution in [3.05, 3.63) is 52.4 Å². The molecule has 1 amide bonds. The summed E-state index contributed by atoms with van der Waals surface area (Å²) >= 11 is 7.85. The normalized spacial score (nSPS) is 20.3. The summed E-state index contributed by atoms with van der Waals surface area (Å²) in [4.78, 5) is 21.6. The zero-order valence-corrected chi connectivity index (χ0v) is 17.3. The molecule has 1 fully saturated rings. The molecule has 28 heavy (non-hydrogen) atoms. The minimum absolute atomic E-state index is 0.0408. The molecule has 4 N–H and O–H groups in total. The molecule has 2 aliphatic rings. The first-order valence-corrected chi connectivity index (χ1v) is 10.9. The summed E-state index contributed by atoms with van der Waals surface area (Å²) in [6, 6.07) is 7.39. The fourth-order valence-corrected chi connectivity index (χ4v) is 4.88. The third-order valence-electron chi connectivity index (χ3n) is 5.43. The SMILES string of the molecule is C[C@@H]1SCc2ncnc(NCCNC(=O)C(c3ccc(Cl)cc3)C3(N)CC3)c21. The van der Waals surface area contributed by atoms with Crippen molar-refractivity contribution in [2.24, 2.45) is 5.73 Å². The van der Waals surface area contributed by atoms with Gasteiger partial charge >= 0.3 is 0 Å². The standard InChI is InChI=1S/C20H24ClN5OS/c1-12-16-15(10-28-12)25-11-26-18(16)23-8-9-24-19(27)17(20(22)6-7-20)13-2-4-14(21)5-3-13/h2-5,11-12,17H,6-10,22H2,1H3,(H,24,27)(H,23,25,26)/t12-,17?/m0/s1. The maximum atomic E-state index is 12.9. The summed E-state index contributed by atoms with van der Waals surface area (Å²) < 4.78 is 0. The van der Waals surface area contributed by atoms with E-state index in [1.165, 1.54) is 5.56 Å². The minimum atomic E-state index is -0.453. The highest BCUT2D eigenvalue weighted by atomic mass is 35.5. The number of nitrogens with two attached hydrogens (primary N) is 1. The minimum Gasteiger partial charge on any atom is -0.368 e. The van der Waals surface area contributed by atoms with Crippen molar-refractivity contribution < 1.29 is 4.79 Å². The molecular weight excluding hydrogens is 394 g/mol. The first-order valence-electron chi connectivity index (χ1n) is 9.49. The molecule has 2 heterocycles. The molecule has 2 atom stereocenters. The van der Waals surface area contributed by atoms with Gasteiger partial charge in [-0.3, -0.25) is 4.79 Å². The van der Waals surface area contributed by atoms with E-state index < -0.39 is 5.54 Å². The Hall–Kier alpha value is -1.83. The van der Waals surface area contributed by atoms with E-state index in [9.17, 15) is 4.79 Å². The summed E-state index contributed by atoms with van der Waals surface area (Å²) in [6.45, 7) is 3.26. The summed E-state index contributed by atoms with van der Waals surface area (Å²) in [5, 5.41) is 7.41. The van der Waals surface area contributed by atoms with E-state index in [-0.39, 0.29) is 11.8 Å². The average molecular weight is 418 g/mol. The van der Waals surface area contributed by atoms with Crippen LogP contribution in [0.4, 0.5) is 5.82 Å². The monoisotopic (exact) mass is 417 g/mol. The van der Waals surface area contributed by atoms with Crippen molar-refractivity contribution >= 4 is 35.1 Å². The molecular formula is C20H24ClN5OS. The molecule has 6 nitrogen and oxygen atoms in total. The second kappa shape index (κ2) is 7.89. The predicted octanol–water partition coefficient (Wildman–Crippen LogP) is 3.24. The molecule has 1 aliphatic carbocycles. The first-order chi connectivity index (χ1) is 13.5. The van der Waals surface area contributed by atoms with E-state index in [0.717, 1.165) is 35.7 Å². The Labute approximate surface area is 174 Å². The highest BCUT2D eigenvalue weighted by Crippen LogP contribution is 2.45. The van der Waals surface area contributed by atoms with Gasteiger partial charge in [-0.15, -0.1) is 11.8 Å². The number of nitrogens with one attached hydrogen (secondary N) is 2. The number of nitrogens with zero attached hydrogens (tertiary/aromatic N) is 2. The highest BCUT2D eigenvalue weighted by Gasteiger charge is 2.49. The zero-order chi connectivity index (χ0) is 19.7. The van der Waals surface area contributed by atoms with E-state index >= 15 is 0 Å². The molecule has 1 saturated carbocycles. The number of hydrogen-bond acceptors (Lipinski definition) is 6. The Morgan fingerprint density at radius 2 is 2.07 bits per heavy atom. The van der Waals surface area contributed by atoms with Crippen molar-refractivity contribution in [3.63, 3.8) is 0 Å². The number of halogens is 1. The summed E-state index contributed by atoms with van der Waals surface area (Å²) in [5.74, 6) is 1.39. The number of hydrogen-bond donors (Lipinski definition) is 3. The molecule has 148 valence electrons. The fourth-order valence-electron chi connectivity index (χ4n) is 3.70. The number of fused-ring (bicyclic) bond motifs is 1. The maximum absolute atomic E-state index is 12.9. The lowest BCUT2D eigenvalue weighted by molar-refractivity contribution is -0.123. The van der Waals surface area contributed by atoms with Gasteiger partial charge in [-0.05, 0) is 37.5 Å².